The lowest BCUT2D eigenvalue weighted by molar-refractivity contribution is -0.140. The molecule has 0 aliphatic heterocycles. The maximum atomic E-state index is 12.3. The van der Waals surface area contributed by atoms with Gasteiger partial charge in [0, 0.05) is 6.42 Å². The largest absolute Gasteiger partial charge is 0.452 e. The van der Waals surface area contributed by atoms with E-state index in [4.69, 9.17) is 4.74 Å². The molecule has 2 N–H and O–H groups in total. The van der Waals surface area contributed by atoms with Crippen molar-refractivity contribution < 1.29 is 27.5 Å². The van der Waals surface area contributed by atoms with Crippen molar-refractivity contribution in [3.63, 3.8) is 0 Å². The Bertz CT molecular complexity index is 1140. The highest BCUT2D eigenvalue weighted by molar-refractivity contribution is 5.92. The summed E-state index contributed by atoms with van der Waals surface area (Å²) in [5.74, 6) is -1.63. The van der Waals surface area contributed by atoms with Crippen LogP contribution in [0.3, 0.4) is 0 Å². The number of hydrogen-bond acceptors (Lipinski definition) is 5. The number of amides is 1. The summed E-state index contributed by atoms with van der Waals surface area (Å²) in [5.41, 5.74) is 0.753. The highest BCUT2D eigenvalue weighted by atomic mass is 19.4. The molecule has 0 unspecified atom stereocenters. The van der Waals surface area contributed by atoms with Gasteiger partial charge in [0.05, 0.1) is 16.5 Å². The molecule has 3 aromatic rings. The molecule has 30 heavy (non-hydrogen) atoms. The highest BCUT2D eigenvalue weighted by Gasteiger charge is 2.28. The maximum absolute atomic E-state index is 12.3. The van der Waals surface area contributed by atoms with Gasteiger partial charge in [0.25, 0.3) is 11.5 Å². The minimum Gasteiger partial charge on any atom is -0.452 e. The van der Waals surface area contributed by atoms with E-state index in [-0.39, 0.29) is 17.5 Å². The predicted octanol–water partition coefficient (Wildman–Crippen LogP) is 2.35. The zero-order chi connectivity index (χ0) is 21.7. The van der Waals surface area contributed by atoms with Crippen molar-refractivity contribution >= 4 is 22.8 Å². The van der Waals surface area contributed by atoms with Crippen LogP contribution < -0.4 is 10.9 Å². The number of fused-ring (bicyclic) bond motifs is 1. The standard InChI is InChI=1S/C20H16F3N3O4/c21-20(22,23)11-24-17(27)10-30-19(29)13-6-2-1-5-12(13)9-16-25-15-8-4-3-7-14(15)18(28)26-16/h1-8H,9-11H2,(H,24,27)(H,25,26,28). The minimum atomic E-state index is -4.56. The van der Waals surface area contributed by atoms with E-state index >= 15 is 0 Å². The fourth-order valence-corrected chi connectivity index (χ4v) is 2.73. The molecule has 1 heterocycles. The average molecular weight is 419 g/mol. The van der Waals surface area contributed by atoms with Crippen molar-refractivity contribution in [2.45, 2.75) is 12.6 Å². The zero-order valence-corrected chi connectivity index (χ0v) is 15.5. The van der Waals surface area contributed by atoms with Gasteiger partial charge in [-0.25, -0.2) is 9.78 Å². The molecule has 1 amide bonds. The first-order valence-electron chi connectivity index (χ1n) is 8.79. The molecule has 0 fully saturated rings. The fourth-order valence-electron chi connectivity index (χ4n) is 2.73. The summed E-state index contributed by atoms with van der Waals surface area (Å²) in [4.78, 5) is 43.0. The second kappa shape index (κ2) is 8.76. The second-order valence-electron chi connectivity index (χ2n) is 6.33. The van der Waals surface area contributed by atoms with Crippen LogP contribution in [0.1, 0.15) is 21.7 Å². The van der Waals surface area contributed by atoms with Crippen LogP contribution in [0, 0.1) is 0 Å². The Kier molecular flexibility index (Phi) is 6.14. The van der Waals surface area contributed by atoms with Gasteiger partial charge in [0.15, 0.2) is 6.61 Å². The van der Waals surface area contributed by atoms with Gasteiger partial charge in [-0.05, 0) is 23.8 Å². The molecule has 0 saturated carbocycles. The number of nitrogens with one attached hydrogen (secondary N) is 2. The lowest BCUT2D eigenvalue weighted by atomic mass is 10.0. The average Bonchev–Trinajstić information content (AvgIpc) is 2.70. The fraction of sp³-hybridized carbons (Fsp3) is 0.200. The molecule has 156 valence electrons. The number of rotatable bonds is 6. The van der Waals surface area contributed by atoms with E-state index < -0.39 is 31.2 Å². The SMILES string of the molecule is O=C(COC(=O)c1ccccc1Cc1nc2ccccc2c(=O)[nH]1)NCC(F)(F)F. The van der Waals surface area contributed by atoms with Crippen molar-refractivity contribution in [1.82, 2.24) is 15.3 Å². The predicted molar refractivity (Wildman–Crippen MR) is 101 cm³/mol. The number of halogens is 3. The number of para-hydroxylation sites is 1. The van der Waals surface area contributed by atoms with Gasteiger partial charge < -0.3 is 15.0 Å². The topological polar surface area (TPSA) is 101 Å². The molecule has 0 atom stereocenters. The van der Waals surface area contributed by atoms with Crippen molar-refractivity contribution in [3.8, 4) is 0 Å². The molecule has 2 aromatic carbocycles. The number of esters is 1. The quantitative estimate of drug-likeness (QED) is 0.598. The Morgan fingerprint density at radius 2 is 1.77 bits per heavy atom. The van der Waals surface area contributed by atoms with E-state index in [2.05, 4.69) is 9.97 Å². The third kappa shape index (κ3) is 5.43. The van der Waals surface area contributed by atoms with E-state index in [9.17, 15) is 27.6 Å². The van der Waals surface area contributed by atoms with Gasteiger partial charge in [-0.2, -0.15) is 13.2 Å². The highest BCUT2D eigenvalue weighted by Crippen LogP contribution is 2.15. The third-order valence-corrected chi connectivity index (χ3v) is 4.08. The smallest absolute Gasteiger partial charge is 0.405 e. The molecule has 0 saturated heterocycles. The van der Waals surface area contributed by atoms with E-state index in [0.29, 0.717) is 22.3 Å². The number of alkyl halides is 3. The van der Waals surface area contributed by atoms with Crippen LogP contribution in [-0.4, -0.2) is 41.2 Å². The van der Waals surface area contributed by atoms with Crippen LogP contribution in [0.15, 0.2) is 53.3 Å². The number of carbonyl (C=O) groups excluding carboxylic acids is 2. The van der Waals surface area contributed by atoms with E-state index in [1.165, 1.54) is 6.07 Å². The number of nitrogens with zero attached hydrogens (tertiary/aromatic N) is 1. The summed E-state index contributed by atoms with van der Waals surface area (Å²) in [7, 11) is 0. The van der Waals surface area contributed by atoms with Crippen LogP contribution in [-0.2, 0) is 16.0 Å². The molecule has 0 aliphatic carbocycles. The zero-order valence-electron chi connectivity index (χ0n) is 15.5. The molecule has 7 nitrogen and oxygen atoms in total. The van der Waals surface area contributed by atoms with E-state index in [1.54, 1.807) is 47.8 Å². The number of ether oxygens (including phenoxy) is 1. The number of H-pyrrole nitrogens is 1. The van der Waals surface area contributed by atoms with Crippen LogP contribution in [0.2, 0.25) is 0 Å². The molecular weight excluding hydrogens is 403 g/mol. The van der Waals surface area contributed by atoms with Crippen molar-refractivity contribution in [3.05, 3.63) is 75.8 Å². The van der Waals surface area contributed by atoms with Crippen LogP contribution in [0.4, 0.5) is 13.2 Å². The number of aromatic amines is 1. The summed E-state index contributed by atoms with van der Waals surface area (Å²) in [6, 6.07) is 13.1. The number of benzene rings is 2. The maximum Gasteiger partial charge on any atom is 0.405 e. The number of aromatic nitrogens is 2. The van der Waals surface area contributed by atoms with Gasteiger partial charge in [-0.1, -0.05) is 30.3 Å². The van der Waals surface area contributed by atoms with Gasteiger partial charge in [0.2, 0.25) is 0 Å². The molecule has 0 radical (unpaired) electrons. The van der Waals surface area contributed by atoms with Crippen LogP contribution in [0.25, 0.3) is 10.9 Å². The molecule has 3 rings (SSSR count). The van der Waals surface area contributed by atoms with Crippen molar-refractivity contribution in [2.24, 2.45) is 0 Å². The van der Waals surface area contributed by atoms with Crippen LogP contribution in [0.5, 0.6) is 0 Å². The van der Waals surface area contributed by atoms with Crippen molar-refractivity contribution in [1.29, 1.82) is 0 Å². The van der Waals surface area contributed by atoms with Gasteiger partial charge >= 0.3 is 12.1 Å². The Hall–Kier alpha value is -3.69. The lowest BCUT2D eigenvalue weighted by Crippen LogP contribution is -2.36. The Balaban J connectivity index is 1.72. The third-order valence-electron chi connectivity index (χ3n) is 4.08. The normalized spacial score (nSPS) is 11.3. The first-order valence-corrected chi connectivity index (χ1v) is 8.79. The first-order chi connectivity index (χ1) is 14.2. The number of carbonyl (C=O) groups is 2. The number of hydrogen-bond donors (Lipinski definition) is 2. The van der Waals surface area contributed by atoms with E-state index in [0.717, 1.165) is 0 Å². The van der Waals surface area contributed by atoms with Gasteiger partial charge in [-0.15, -0.1) is 0 Å². The second-order valence-corrected chi connectivity index (χ2v) is 6.33. The summed E-state index contributed by atoms with van der Waals surface area (Å²) < 4.78 is 41.2. The summed E-state index contributed by atoms with van der Waals surface area (Å²) in [6.07, 6.45) is -4.46. The monoisotopic (exact) mass is 419 g/mol. The lowest BCUT2D eigenvalue weighted by Gasteiger charge is -2.11. The Morgan fingerprint density at radius 1 is 1.07 bits per heavy atom. The summed E-state index contributed by atoms with van der Waals surface area (Å²) >= 11 is 0. The first kappa shape index (κ1) is 21.0. The molecular formula is C20H16F3N3O4. The summed E-state index contributed by atoms with van der Waals surface area (Å²) in [6.45, 7) is -2.37. The van der Waals surface area contributed by atoms with Crippen LogP contribution >= 0.6 is 0 Å². The van der Waals surface area contributed by atoms with Gasteiger partial charge in [-0.3, -0.25) is 9.59 Å². The Labute approximate surface area is 167 Å². The molecule has 0 aliphatic rings. The molecule has 0 spiro atoms. The Morgan fingerprint density at radius 3 is 2.53 bits per heavy atom. The van der Waals surface area contributed by atoms with E-state index in [1.807, 2.05) is 0 Å². The molecule has 0 bridgehead atoms. The minimum absolute atomic E-state index is 0.103. The molecule has 10 heteroatoms. The summed E-state index contributed by atoms with van der Waals surface area (Å²) in [5, 5.41) is 2.05. The van der Waals surface area contributed by atoms with Gasteiger partial charge in [0.1, 0.15) is 12.4 Å². The van der Waals surface area contributed by atoms with Crippen molar-refractivity contribution in [2.75, 3.05) is 13.2 Å². The molecule has 1 aromatic heterocycles.